The Labute approximate surface area is 167 Å². The number of guanidine groups is 1. The van der Waals surface area contributed by atoms with E-state index in [-0.39, 0.29) is 11.7 Å². The van der Waals surface area contributed by atoms with Crippen molar-refractivity contribution in [1.29, 1.82) is 0 Å². The van der Waals surface area contributed by atoms with E-state index in [1.54, 1.807) is 19.2 Å². The molecule has 0 unspecified atom stereocenters. The van der Waals surface area contributed by atoms with Crippen molar-refractivity contribution in [3.8, 4) is 0 Å². The number of carbonyl (C=O) groups is 1. The number of carbonyl (C=O) groups excluding carboxylic acids is 1. The van der Waals surface area contributed by atoms with Gasteiger partial charge < -0.3 is 16.0 Å². The van der Waals surface area contributed by atoms with Crippen LogP contribution in [0.4, 0.5) is 10.1 Å². The van der Waals surface area contributed by atoms with Gasteiger partial charge in [-0.1, -0.05) is 28.1 Å². The second kappa shape index (κ2) is 10.7. The quantitative estimate of drug-likeness (QED) is 0.460. The zero-order valence-electron chi connectivity index (χ0n) is 15.5. The molecule has 2 aromatic carbocycles. The van der Waals surface area contributed by atoms with E-state index in [2.05, 4.69) is 36.9 Å². The third-order valence-corrected chi connectivity index (χ3v) is 4.44. The van der Waals surface area contributed by atoms with Crippen molar-refractivity contribution in [2.75, 3.05) is 25.5 Å². The minimum Gasteiger partial charge on any atom is -0.356 e. The van der Waals surface area contributed by atoms with Gasteiger partial charge in [0.2, 0.25) is 5.91 Å². The van der Waals surface area contributed by atoms with Crippen LogP contribution >= 0.6 is 15.9 Å². The molecule has 0 radical (unpaired) electrons. The lowest BCUT2D eigenvalue weighted by Gasteiger charge is -2.12. The van der Waals surface area contributed by atoms with Gasteiger partial charge in [-0.3, -0.25) is 9.79 Å². The van der Waals surface area contributed by atoms with E-state index in [0.717, 1.165) is 27.7 Å². The van der Waals surface area contributed by atoms with Gasteiger partial charge in [0.15, 0.2) is 5.96 Å². The first-order valence-corrected chi connectivity index (χ1v) is 9.52. The molecule has 0 aromatic heterocycles. The summed E-state index contributed by atoms with van der Waals surface area (Å²) in [6.45, 7) is 3.08. The maximum atomic E-state index is 12.9. The Morgan fingerprint density at radius 2 is 1.81 bits per heavy atom. The molecule has 5 nitrogen and oxygen atoms in total. The van der Waals surface area contributed by atoms with Gasteiger partial charge in [0.1, 0.15) is 5.82 Å². The average molecular weight is 435 g/mol. The fraction of sp³-hybridized carbons (Fsp3) is 0.300. The highest BCUT2D eigenvalue weighted by atomic mass is 79.9. The number of benzene rings is 2. The van der Waals surface area contributed by atoms with Gasteiger partial charge in [0, 0.05) is 36.7 Å². The van der Waals surface area contributed by atoms with Crippen LogP contribution in [0.1, 0.15) is 17.5 Å². The SMILES string of the molecule is CN=C(NCCC(=O)Nc1ccc(Br)cc1C)NCCc1ccc(F)cc1. The lowest BCUT2D eigenvalue weighted by atomic mass is 10.1. The summed E-state index contributed by atoms with van der Waals surface area (Å²) in [5.41, 5.74) is 2.86. The lowest BCUT2D eigenvalue weighted by Crippen LogP contribution is -2.39. The van der Waals surface area contributed by atoms with Crippen molar-refractivity contribution < 1.29 is 9.18 Å². The van der Waals surface area contributed by atoms with Crippen LogP contribution in [-0.4, -0.2) is 32.0 Å². The van der Waals surface area contributed by atoms with E-state index in [4.69, 9.17) is 0 Å². The highest BCUT2D eigenvalue weighted by Gasteiger charge is 2.06. The summed E-state index contributed by atoms with van der Waals surface area (Å²) in [4.78, 5) is 16.2. The molecule has 0 bridgehead atoms. The molecule has 0 saturated carbocycles. The first-order valence-electron chi connectivity index (χ1n) is 8.73. The normalized spacial score (nSPS) is 11.2. The van der Waals surface area contributed by atoms with E-state index < -0.39 is 0 Å². The maximum Gasteiger partial charge on any atom is 0.226 e. The molecule has 0 aliphatic rings. The molecule has 1 amide bonds. The zero-order valence-corrected chi connectivity index (χ0v) is 17.1. The van der Waals surface area contributed by atoms with Gasteiger partial charge in [0.05, 0.1) is 0 Å². The Morgan fingerprint density at radius 3 is 2.48 bits per heavy atom. The van der Waals surface area contributed by atoms with Gasteiger partial charge in [0.25, 0.3) is 0 Å². The van der Waals surface area contributed by atoms with Gasteiger partial charge in [-0.15, -0.1) is 0 Å². The number of aliphatic imine (C=N–C) groups is 1. The Bertz CT molecular complexity index is 793. The molecule has 0 aliphatic heterocycles. The molecule has 0 spiro atoms. The van der Waals surface area contributed by atoms with Gasteiger partial charge in [-0.05, 0) is 54.8 Å². The number of anilines is 1. The predicted octanol–water partition coefficient (Wildman–Crippen LogP) is 3.63. The van der Waals surface area contributed by atoms with E-state index in [9.17, 15) is 9.18 Å². The number of aryl methyl sites for hydroxylation is 1. The van der Waals surface area contributed by atoms with E-state index in [1.807, 2.05) is 25.1 Å². The van der Waals surface area contributed by atoms with Crippen LogP contribution in [0.2, 0.25) is 0 Å². The minimum absolute atomic E-state index is 0.0605. The zero-order chi connectivity index (χ0) is 19.6. The van der Waals surface area contributed by atoms with E-state index in [0.29, 0.717) is 25.5 Å². The molecule has 2 aromatic rings. The van der Waals surface area contributed by atoms with Crippen molar-refractivity contribution in [2.45, 2.75) is 19.8 Å². The molecule has 7 heteroatoms. The number of nitrogens with zero attached hydrogens (tertiary/aromatic N) is 1. The van der Waals surface area contributed by atoms with E-state index in [1.165, 1.54) is 12.1 Å². The Hall–Kier alpha value is -2.41. The Morgan fingerprint density at radius 1 is 1.11 bits per heavy atom. The van der Waals surface area contributed by atoms with Crippen molar-refractivity contribution >= 4 is 33.5 Å². The minimum atomic E-state index is -0.235. The Kier molecular flexibility index (Phi) is 8.26. The van der Waals surface area contributed by atoms with Crippen LogP contribution in [0.5, 0.6) is 0 Å². The summed E-state index contributed by atoms with van der Waals surface area (Å²) in [5.74, 6) is 0.334. The van der Waals surface area contributed by atoms with Gasteiger partial charge in [-0.2, -0.15) is 0 Å². The van der Waals surface area contributed by atoms with Crippen LogP contribution in [0.15, 0.2) is 51.9 Å². The van der Waals surface area contributed by atoms with Crippen LogP contribution in [0.25, 0.3) is 0 Å². The van der Waals surface area contributed by atoms with Crippen LogP contribution in [0.3, 0.4) is 0 Å². The van der Waals surface area contributed by atoms with Crippen molar-refractivity contribution in [3.63, 3.8) is 0 Å². The van der Waals surface area contributed by atoms with Crippen molar-refractivity contribution in [3.05, 3.63) is 63.9 Å². The van der Waals surface area contributed by atoms with Gasteiger partial charge >= 0.3 is 0 Å². The largest absolute Gasteiger partial charge is 0.356 e. The molecule has 0 heterocycles. The first kappa shape index (κ1) is 20.9. The number of hydrogen-bond donors (Lipinski definition) is 3. The van der Waals surface area contributed by atoms with Crippen LogP contribution < -0.4 is 16.0 Å². The average Bonchev–Trinajstić information content (AvgIpc) is 2.64. The third-order valence-electron chi connectivity index (χ3n) is 3.95. The number of hydrogen-bond acceptors (Lipinski definition) is 2. The summed E-state index contributed by atoms with van der Waals surface area (Å²) in [6.07, 6.45) is 1.08. The van der Waals surface area contributed by atoms with Crippen molar-refractivity contribution in [2.24, 2.45) is 4.99 Å². The van der Waals surface area contributed by atoms with Crippen LogP contribution in [-0.2, 0) is 11.2 Å². The molecule has 3 N–H and O–H groups in total. The number of halogens is 2. The molecular weight excluding hydrogens is 411 g/mol. The summed E-state index contributed by atoms with van der Waals surface area (Å²) in [7, 11) is 1.68. The smallest absolute Gasteiger partial charge is 0.226 e. The second-order valence-corrected chi connectivity index (χ2v) is 6.98. The fourth-order valence-corrected chi connectivity index (χ4v) is 2.95. The fourth-order valence-electron chi connectivity index (χ4n) is 2.47. The third kappa shape index (κ3) is 7.38. The first-order chi connectivity index (χ1) is 13.0. The molecular formula is C20H24BrFN4O. The standard InChI is InChI=1S/C20H24BrFN4O/c1-14-13-16(21)5-8-18(14)26-19(27)10-12-25-20(23-2)24-11-9-15-3-6-17(22)7-4-15/h3-8,13H,9-12H2,1-2H3,(H,26,27)(H2,23,24,25). The molecule has 0 saturated heterocycles. The number of rotatable bonds is 7. The second-order valence-electron chi connectivity index (χ2n) is 6.06. The number of nitrogens with one attached hydrogen (secondary N) is 3. The van der Waals surface area contributed by atoms with Gasteiger partial charge in [-0.25, -0.2) is 4.39 Å². The van der Waals surface area contributed by atoms with Crippen LogP contribution in [0, 0.1) is 12.7 Å². The lowest BCUT2D eigenvalue weighted by molar-refractivity contribution is -0.116. The predicted molar refractivity (Wildman–Crippen MR) is 112 cm³/mol. The summed E-state index contributed by atoms with van der Waals surface area (Å²) >= 11 is 3.41. The molecule has 0 fully saturated rings. The summed E-state index contributed by atoms with van der Waals surface area (Å²) in [5, 5.41) is 9.20. The number of amides is 1. The highest BCUT2D eigenvalue weighted by molar-refractivity contribution is 9.10. The molecule has 2 rings (SSSR count). The Balaban J connectivity index is 1.69. The molecule has 144 valence electrons. The summed E-state index contributed by atoms with van der Waals surface area (Å²) < 4.78 is 13.9. The molecule has 0 atom stereocenters. The topological polar surface area (TPSA) is 65.5 Å². The highest BCUT2D eigenvalue weighted by Crippen LogP contribution is 2.20. The molecule has 0 aliphatic carbocycles. The molecule has 27 heavy (non-hydrogen) atoms. The van der Waals surface area contributed by atoms with E-state index >= 15 is 0 Å². The summed E-state index contributed by atoms with van der Waals surface area (Å²) in [6, 6.07) is 12.2. The monoisotopic (exact) mass is 434 g/mol. The van der Waals surface area contributed by atoms with Crippen molar-refractivity contribution in [1.82, 2.24) is 10.6 Å². The maximum absolute atomic E-state index is 12.9.